The van der Waals surface area contributed by atoms with E-state index in [9.17, 15) is 18.0 Å². The van der Waals surface area contributed by atoms with Gasteiger partial charge in [-0.15, -0.1) is 0 Å². The molecule has 0 bridgehead atoms. The van der Waals surface area contributed by atoms with Crippen molar-refractivity contribution in [2.24, 2.45) is 5.92 Å². The highest BCUT2D eigenvalue weighted by atomic mass is 32.2. The quantitative estimate of drug-likeness (QED) is 0.426. The second kappa shape index (κ2) is 12.8. The number of nitrogens with zero attached hydrogens (tertiary/aromatic N) is 2. The van der Waals surface area contributed by atoms with Gasteiger partial charge in [-0.05, 0) is 43.4 Å². The topological polar surface area (TPSA) is 105 Å². The van der Waals surface area contributed by atoms with E-state index in [1.165, 1.54) is 4.31 Å². The molecule has 1 N–H and O–H groups in total. The number of amides is 2. The van der Waals surface area contributed by atoms with Crippen LogP contribution in [0.5, 0.6) is 11.5 Å². The average Bonchev–Trinajstić information content (AvgIpc) is 3.33. The second-order valence-electron chi connectivity index (χ2n) is 9.61. The number of benzene rings is 2. The summed E-state index contributed by atoms with van der Waals surface area (Å²) in [7, 11) is -3.60. The predicted octanol–water partition coefficient (Wildman–Crippen LogP) is 3.19. The van der Waals surface area contributed by atoms with Crippen molar-refractivity contribution in [2.75, 3.05) is 37.0 Å². The van der Waals surface area contributed by atoms with E-state index in [4.69, 9.17) is 9.47 Å². The third-order valence-electron chi connectivity index (χ3n) is 6.13. The van der Waals surface area contributed by atoms with Crippen molar-refractivity contribution in [3.63, 3.8) is 0 Å². The summed E-state index contributed by atoms with van der Waals surface area (Å²) in [5.41, 5.74) is 1.52. The zero-order valence-corrected chi connectivity index (χ0v) is 22.8. The zero-order valence-electron chi connectivity index (χ0n) is 22.0. The van der Waals surface area contributed by atoms with Crippen LogP contribution in [-0.4, -0.2) is 63.9 Å². The van der Waals surface area contributed by atoms with Crippen LogP contribution >= 0.6 is 0 Å². The largest absolute Gasteiger partial charge is 0.454 e. The Balaban J connectivity index is 1.67. The minimum atomic E-state index is -3.60. The first-order valence-corrected chi connectivity index (χ1v) is 14.4. The number of carbonyl (C=O) groups is 2. The van der Waals surface area contributed by atoms with Crippen LogP contribution in [0.15, 0.2) is 48.5 Å². The van der Waals surface area contributed by atoms with E-state index in [2.05, 4.69) is 5.32 Å². The van der Waals surface area contributed by atoms with E-state index in [-0.39, 0.29) is 31.6 Å². The van der Waals surface area contributed by atoms with Crippen molar-refractivity contribution in [1.82, 2.24) is 10.2 Å². The Morgan fingerprint density at radius 1 is 1.00 bits per heavy atom. The van der Waals surface area contributed by atoms with Crippen molar-refractivity contribution in [2.45, 2.75) is 46.1 Å². The molecule has 9 nitrogen and oxygen atoms in total. The number of hydrogen-bond acceptors (Lipinski definition) is 6. The minimum absolute atomic E-state index is 0.0912. The Kier molecular flexibility index (Phi) is 9.79. The summed E-state index contributed by atoms with van der Waals surface area (Å²) in [5, 5.41) is 2.91. The smallest absolute Gasteiger partial charge is 0.242 e. The van der Waals surface area contributed by atoms with Crippen LogP contribution in [0.1, 0.15) is 39.2 Å². The lowest BCUT2D eigenvalue weighted by atomic mass is 10.1. The summed E-state index contributed by atoms with van der Waals surface area (Å²) < 4.78 is 37.0. The lowest BCUT2D eigenvalue weighted by molar-refractivity contribution is -0.140. The number of hydrogen-bond donors (Lipinski definition) is 1. The van der Waals surface area contributed by atoms with E-state index in [1.807, 2.05) is 44.2 Å². The summed E-state index contributed by atoms with van der Waals surface area (Å²) in [4.78, 5) is 27.7. The molecule has 0 saturated carbocycles. The number of anilines is 1. The van der Waals surface area contributed by atoms with Gasteiger partial charge in [0.1, 0.15) is 6.04 Å². The maximum atomic E-state index is 13.3. The first-order valence-electron chi connectivity index (χ1n) is 12.5. The molecule has 1 aliphatic heterocycles. The molecule has 2 aromatic carbocycles. The first-order chi connectivity index (χ1) is 17.6. The molecule has 1 heterocycles. The number of nitrogens with one attached hydrogen (secondary N) is 1. The van der Waals surface area contributed by atoms with Gasteiger partial charge in [-0.3, -0.25) is 13.9 Å². The van der Waals surface area contributed by atoms with Crippen LogP contribution in [-0.2, 0) is 26.0 Å². The predicted molar refractivity (Wildman–Crippen MR) is 143 cm³/mol. The zero-order chi connectivity index (χ0) is 27.0. The number of carbonyl (C=O) groups excluding carboxylic acids is 2. The van der Waals surface area contributed by atoms with E-state index < -0.39 is 16.1 Å². The monoisotopic (exact) mass is 531 g/mol. The fourth-order valence-corrected chi connectivity index (χ4v) is 5.02. The molecule has 0 fully saturated rings. The molecule has 202 valence electrons. The molecule has 0 spiro atoms. The highest BCUT2D eigenvalue weighted by molar-refractivity contribution is 7.92. The maximum Gasteiger partial charge on any atom is 0.242 e. The summed E-state index contributed by atoms with van der Waals surface area (Å²) >= 11 is 0. The molecule has 0 radical (unpaired) electrons. The molecule has 3 rings (SSSR count). The van der Waals surface area contributed by atoms with Crippen LogP contribution < -0.4 is 19.1 Å². The molecule has 10 heteroatoms. The number of fused-ring (bicyclic) bond motifs is 1. The van der Waals surface area contributed by atoms with Gasteiger partial charge >= 0.3 is 0 Å². The Bertz CT molecular complexity index is 1170. The molecule has 2 aromatic rings. The summed E-state index contributed by atoms with van der Waals surface area (Å²) in [6.45, 7) is 6.88. The van der Waals surface area contributed by atoms with Crippen molar-refractivity contribution < 1.29 is 27.5 Å². The molecule has 0 saturated heterocycles. The molecule has 1 aliphatic rings. The van der Waals surface area contributed by atoms with Gasteiger partial charge in [0.05, 0.1) is 11.9 Å². The molecule has 37 heavy (non-hydrogen) atoms. The molecule has 0 aliphatic carbocycles. The fraction of sp³-hybridized carbons (Fsp3) is 0.481. The Morgan fingerprint density at radius 3 is 2.38 bits per heavy atom. The third-order valence-corrected chi connectivity index (χ3v) is 7.33. The highest BCUT2D eigenvalue weighted by Gasteiger charge is 2.27. The lowest BCUT2D eigenvalue weighted by Crippen LogP contribution is -2.49. The first kappa shape index (κ1) is 28.3. The van der Waals surface area contributed by atoms with Gasteiger partial charge in [0.15, 0.2) is 11.5 Å². The maximum absolute atomic E-state index is 13.3. The summed E-state index contributed by atoms with van der Waals surface area (Å²) in [6.07, 6.45) is 2.14. The van der Waals surface area contributed by atoms with E-state index in [0.29, 0.717) is 49.0 Å². The number of ether oxygens (including phenoxy) is 2. The number of rotatable bonds is 13. The second-order valence-corrected chi connectivity index (χ2v) is 11.5. The Labute approximate surface area is 219 Å². The Hall–Kier alpha value is -3.27. The normalized spacial score (nSPS) is 13.3. The standard InChI is InChI=1S/C27H37N3O6S/c1-20(2)18-28-27(32)21(3)29(16-14-22-9-6-5-7-10-22)26(31)11-8-15-30(37(4,33)34)23-12-13-24-25(17-23)36-19-35-24/h5-7,9-10,12-13,17,20-21H,8,11,14-16,18-19H2,1-4H3,(H,28,32)/t21-/m1/s1. The van der Waals surface area contributed by atoms with Gasteiger partial charge in [0.25, 0.3) is 0 Å². The van der Waals surface area contributed by atoms with Crippen molar-refractivity contribution in [3.8, 4) is 11.5 Å². The molecular weight excluding hydrogens is 494 g/mol. The van der Waals surface area contributed by atoms with E-state index in [0.717, 1.165) is 11.8 Å². The third kappa shape index (κ3) is 8.11. The van der Waals surface area contributed by atoms with Crippen LogP contribution in [0.3, 0.4) is 0 Å². The Morgan fingerprint density at radius 2 is 1.70 bits per heavy atom. The van der Waals surface area contributed by atoms with Crippen molar-refractivity contribution >= 4 is 27.5 Å². The van der Waals surface area contributed by atoms with Gasteiger partial charge in [-0.25, -0.2) is 8.42 Å². The molecule has 1 atom stereocenters. The van der Waals surface area contributed by atoms with E-state index >= 15 is 0 Å². The highest BCUT2D eigenvalue weighted by Crippen LogP contribution is 2.36. The van der Waals surface area contributed by atoms with Crippen LogP contribution in [0, 0.1) is 5.92 Å². The van der Waals surface area contributed by atoms with Crippen molar-refractivity contribution in [1.29, 1.82) is 0 Å². The fourth-order valence-electron chi connectivity index (χ4n) is 4.07. The number of sulfonamides is 1. The SMILES string of the molecule is CC(C)CNC(=O)[C@@H](C)N(CCc1ccccc1)C(=O)CCCN(c1ccc2c(c1)OCO2)S(C)(=O)=O. The van der Waals surface area contributed by atoms with Crippen LogP contribution in [0.2, 0.25) is 0 Å². The summed E-state index contributed by atoms with van der Waals surface area (Å²) in [6, 6.07) is 14.1. The molecule has 0 aromatic heterocycles. The molecule has 2 amide bonds. The average molecular weight is 532 g/mol. The van der Waals surface area contributed by atoms with Gasteiger partial charge in [0.2, 0.25) is 28.6 Å². The van der Waals surface area contributed by atoms with Gasteiger partial charge in [-0.2, -0.15) is 0 Å². The minimum Gasteiger partial charge on any atom is -0.454 e. The lowest BCUT2D eigenvalue weighted by Gasteiger charge is -2.29. The summed E-state index contributed by atoms with van der Waals surface area (Å²) in [5.74, 6) is 0.944. The molecule has 0 unspecified atom stereocenters. The molecular formula is C27H37N3O6S. The van der Waals surface area contributed by atoms with Crippen LogP contribution in [0.4, 0.5) is 5.69 Å². The van der Waals surface area contributed by atoms with Gasteiger partial charge in [0, 0.05) is 32.1 Å². The van der Waals surface area contributed by atoms with E-state index in [1.54, 1.807) is 30.0 Å². The van der Waals surface area contributed by atoms with Crippen LogP contribution in [0.25, 0.3) is 0 Å². The van der Waals surface area contributed by atoms with Crippen molar-refractivity contribution in [3.05, 3.63) is 54.1 Å². The van der Waals surface area contributed by atoms with Gasteiger partial charge < -0.3 is 19.7 Å². The van der Waals surface area contributed by atoms with Gasteiger partial charge in [-0.1, -0.05) is 44.2 Å².